The van der Waals surface area contributed by atoms with Gasteiger partial charge in [0.25, 0.3) is 0 Å². The van der Waals surface area contributed by atoms with Crippen LogP contribution in [0, 0.1) is 12.8 Å². The van der Waals surface area contributed by atoms with Gasteiger partial charge < -0.3 is 10.1 Å². The van der Waals surface area contributed by atoms with E-state index >= 15 is 0 Å². The first-order valence-corrected chi connectivity index (χ1v) is 10.4. The first kappa shape index (κ1) is 20.5. The Kier molecular flexibility index (Phi) is 5.86. The Hall–Kier alpha value is -2.25. The molecule has 1 aliphatic heterocycles. The summed E-state index contributed by atoms with van der Waals surface area (Å²) in [7, 11) is 0. The zero-order valence-electron chi connectivity index (χ0n) is 17.0. The molecule has 0 radical (unpaired) electrons. The second-order valence-electron chi connectivity index (χ2n) is 7.70. The summed E-state index contributed by atoms with van der Waals surface area (Å²) in [5.74, 6) is -0.440. The van der Waals surface area contributed by atoms with E-state index in [0.29, 0.717) is 11.3 Å². The quantitative estimate of drug-likeness (QED) is 0.724. The van der Waals surface area contributed by atoms with Crippen molar-refractivity contribution in [3.63, 3.8) is 0 Å². The smallest absolute Gasteiger partial charge is 0.340 e. The number of carbonyl (C=O) groups excluding carboxylic acids is 2. The highest BCUT2D eigenvalue weighted by Gasteiger charge is 2.46. The van der Waals surface area contributed by atoms with Crippen LogP contribution >= 0.6 is 11.3 Å². The van der Waals surface area contributed by atoms with Gasteiger partial charge >= 0.3 is 5.97 Å². The third-order valence-electron chi connectivity index (χ3n) is 5.35. The third-order valence-corrected chi connectivity index (χ3v) is 6.38. The van der Waals surface area contributed by atoms with E-state index in [-0.39, 0.29) is 18.4 Å². The normalized spacial score (nSPS) is 21.8. The highest BCUT2D eigenvalue weighted by molar-refractivity contribution is 7.10. The van der Waals surface area contributed by atoms with Gasteiger partial charge in [-0.25, -0.2) is 4.79 Å². The fraction of sp³-hybridized carbons (Fsp3) is 0.476. The van der Waals surface area contributed by atoms with Crippen molar-refractivity contribution in [1.82, 2.24) is 15.6 Å². The maximum atomic E-state index is 12.8. The monoisotopic (exact) mass is 401 g/mol. The van der Waals surface area contributed by atoms with Crippen LogP contribution in [0.3, 0.4) is 0 Å². The maximum Gasteiger partial charge on any atom is 0.340 e. The van der Waals surface area contributed by atoms with E-state index in [1.807, 2.05) is 52.1 Å². The number of pyridine rings is 1. The molecule has 6 nitrogen and oxygen atoms in total. The molecule has 0 aliphatic carbocycles. The molecular formula is C21H27N3O3S. The van der Waals surface area contributed by atoms with E-state index in [1.165, 1.54) is 0 Å². The average Bonchev–Trinajstić information content (AvgIpc) is 3.22. The number of nitrogens with zero attached hydrogens (tertiary/aromatic N) is 1. The Morgan fingerprint density at radius 2 is 2.14 bits per heavy atom. The Bertz CT molecular complexity index is 893. The number of rotatable bonds is 6. The Morgan fingerprint density at radius 1 is 1.39 bits per heavy atom. The van der Waals surface area contributed by atoms with Crippen molar-refractivity contribution in [3.05, 3.63) is 51.0 Å². The molecule has 2 atom stereocenters. The van der Waals surface area contributed by atoms with Crippen molar-refractivity contribution in [1.29, 1.82) is 0 Å². The topological polar surface area (TPSA) is 80.3 Å². The molecule has 2 unspecified atom stereocenters. The molecule has 150 valence electrons. The summed E-state index contributed by atoms with van der Waals surface area (Å²) in [6, 6.07) is 3.82. The Morgan fingerprint density at radius 3 is 2.71 bits per heavy atom. The summed E-state index contributed by atoms with van der Waals surface area (Å²) in [5, 5.41) is 8.27. The minimum Gasteiger partial charge on any atom is -0.456 e. The van der Waals surface area contributed by atoms with Gasteiger partial charge in [0.05, 0.1) is 16.8 Å². The van der Waals surface area contributed by atoms with E-state index in [2.05, 4.69) is 15.6 Å². The molecule has 3 heterocycles. The predicted octanol–water partition coefficient (Wildman–Crippen LogP) is 3.50. The van der Waals surface area contributed by atoms with Gasteiger partial charge in [0.2, 0.25) is 5.91 Å². The average molecular weight is 402 g/mol. The van der Waals surface area contributed by atoms with Crippen LogP contribution in [0.2, 0.25) is 0 Å². The summed E-state index contributed by atoms with van der Waals surface area (Å²) in [4.78, 5) is 30.9. The summed E-state index contributed by atoms with van der Waals surface area (Å²) >= 11 is 1.56. The highest BCUT2D eigenvalue weighted by atomic mass is 32.1. The van der Waals surface area contributed by atoms with Crippen LogP contribution in [-0.2, 0) is 22.6 Å². The molecule has 2 aromatic rings. The van der Waals surface area contributed by atoms with Crippen molar-refractivity contribution in [2.24, 2.45) is 5.92 Å². The van der Waals surface area contributed by atoms with Crippen molar-refractivity contribution >= 4 is 23.2 Å². The minimum atomic E-state index is -0.717. The number of hydrogen-bond acceptors (Lipinski definition) is 6. The van der Waals surface area contributed by atoms with Crippen LogP contribution in [0.25, 0.3) is 0 Å². The molecule has 0 bridgehead atoms. The lowest BCUT2D eigenvalue weighted by Crippen LogP contribution is -2.48. The van der Waals surface area contributed by atoms with Crippen LogP contribution < -0.4 is 10.6 Å². The van der Waals surface area contributed by atoms with E-state index in [1.54, 1.807) is 17.5 Å². The van der Waals surface area contributed by atoms with Gasteiger partial charge in [-0.05, 0) is 54.8 Å². The number of thiophene rings is 1. The molecule has 1 amide bonds. The maximum absolute atomic E-state index is 12.8. The summed E-state index contributed by atoms with van der Waals surface area (Å²) < 4.78 is 5.54. The third kappa shape index (κ3) is 3.95. The number of hydrogen-bond donors (Lipinski definition) is 2. The standard InChI is InChI=1S/C21H27N3O3S/c1-6-14-8-16(19(25)27-10-15-7-13(4)11-28-15)17(22-9-14)18-23-20(26)21(5,24-18)12(2)3/h7-9,11-12,18,24H,6,10H2,1-5H3,(H,23,26). The van der Waals surface area contributed by atoms with Crippen molar-refractivity contribution in [3.8, 4) is 0 Å². The van der Waals surface area contributed by atoms with Gasteiger partial charge in [0, 0.05) is 11.1 Å². The lowest BCUT2D eigenvalue weighted by molar-refractivity contribution is -0.125. The number of esters is 1. The zero-order chi connectivity index (χ0) is 20.5. The number of aromatic nitrogens is 1. The predicted molar refractivity (Wildman–Crippen MR) is 109 cm³/mol. The van der Waals surface area contributed by atoms with E-state index in [9.17, 15) is 9.59 Å². The van der Waals surface area contributed by atoms with Crippen LogP contribution in [0.4, 0.5) is 0 Å². The second-order valence-corrected chi connectivity index (χ2v) is 8.70. The summed E-state index contributed by atoms with van der Waals surface area (Å²) in [6.07, 6.45) is 1.97. The summed E-state index contributed by atoms with van der Waals surface area (Å²) in [5.41, 5.74) is 2.25. The first-order chi connectivity index (χ1) is 13.2. The Balaban J connectivity index is 1.86. The second kappa shape index (κ2) is 8.01. The van der Waals surface area contributed by atoms with Crippen LogP contribution in [-0.4, -0.2) is 22.4 Å². The molecule has 7 heteroatoms. The van der Waals surface area contributed by atoms with Crippen molar-refractivity contribution in [2.45, 2.75) is 59.4 Å². The number of carbonyl (C=O) groups is 2. The molecule has 2 N–H and O–H groups in total. The summed E-state index contributed by atoms with van der Waals surface area (Å²) in [6.45, 7) is 10.1. The molecule has 1 fully saturated rings. The molecule has 1 aliphatic rings. The lowest BCUT2D eigenvalue weighted by atomic mass is 9.89. The highest BCUT2D eigenvalue weighted by Crippen LogP contribution is 2.29. The number of nitrogens with one attached hydrogen (secondary N) is 2. The van der Waals surface area contributed by atoms with Gasteiger partial charge in [0.15, 0.2) is 0 Å². The van der Waals surface area contributed by atoms with Crippen molar-refractivity contribution < 1.29 is 14.3 Å². The van der Waals surface area contributed by atoms with Crippen LogP contribution in [0.15, 0.2) is 23.7 Å². The SMILES string of the molecule is CCc1cnc(C2NC(=O)C(C)(C(C)C)N2)c(C(=O)OCc2cc(C)cs2)c1. The number of amides is 1. The van der Waals surface area contributed by atoms with Gasteiger partial charge in [-0.1, -0.05) is 20.8 Å². The fourth-order valence-corrected chi connectivity index (χ4v) is 3.92. The van der Waals surface area contributed by atoms with Crippen molar-refractivity contribution in [2.75, 3.05) is 0 Å². The van der Waals surface area contributed by atoms with Gasteiger partial charge in [-0.3, -0.25) is 15.1 Å². The molecule has 2 aromatic heterocycles. The number of ether oxygens (including phenoxy) is 1. The molecule has 1 saturated heterocycles. The van der Waals surface area contributed by atoms with Gasteiger partial charge in [-0.15, -0.1) is 11.3 Å². The number of aryl methyl sites for hydroxylation is 2. The zero-order valence-corrected chi connectivity index (χ0v) is 17.8. The molecule has 3 rings (SSSR count). The van der Waals surface area contributed by atoms with E-state index < -0.39 is 17.7 Å². The fourth-order valence-electron chi connectivity index (χ4n) is 3.13. The lowest BCUT2D eigenvalue weighted by Gasteiger charge is -2.26. The van der Waals surface area contributed by atoms with Crippen LogP contribution in [0.5, 0.6) is 0 Å². The first-order valence-electron chi connectivity index (χ1n) is 9.53. The molecule has 0 saturated carbocycles. The molecule has 0 spiro atoms. The van der Waals surface area contributed by atoms with Gasteiger partial charge in [-0.2, -0.15) is 0 Å². The largest absolute Gasteiger partial charge is 0.456 e. The van der Waals surface area contributed by atoms with Crippen LogP contribution in [0.1, 0.15) is 65.9 Å². The van der Waals surface area contributed by atoms with E-state index in [0.717, 1.165) is 22.4 Å². The molecular weight excluding hydrogens is 374 g/mol. The molecule has 0 aromatic carbocycles. The minimum absolute atomic E-state index is 0.0879. The van der Waals surface area contributed by atoms with E-state index in [4.69, 9.17) is 4.74 Å². The Labute approximate surface area is 169 Å². The molecule has 28 heavy (non-hydrogen) atoms. The van der Waals surface area contributed by atoms with Gasteiger partial charge in [0.1, 0.15) is 12.8 Å².